The molecule has 1 aliphatic carbocycles. The van der Waals surface area contributed by atoms with E-state index in [1.54, 1.807) is 0 Å². The number of halogens is 3. The van der Waals surface area contributed by atoms with Crippen LogP contribution in [0.4, 0.5) is 13.2 Å². The van der Waals surface area contributed by atoms with Crippen molar-refractivity contribution in [1.82, 2.24) is 0 Å². The average Bonchev–Trinajstić information content (AvgIpc) is 3.09. The summed E-state index contributed by atoms with van der Waals surface area (Å²) in [5.41, 5.74) is -0.759. The van der Waals surface area contributed by atoms with Gasteiger partial charge in [-0.15, -0.1) is 0 Å². The molecule has 0 bridgehead atoms. The van der Waals surface area contributed by atoms with Gasteiger partial charge in [-0.3, -0.25) is 4.79 Å². The van der Waals surface area contributed by atoms with E-state index in [1.807, 2.05) is 38.2 Å². The monoisotopic (exact) mass is 496 g/mol. The maximum absolute atomic E-state index is 12.8. The van der Waals surface area contributed by atoms with Gasteiger partial charge in [-0.25, -0.2) is 0 Å². The lowest BCUT2D eigenvalue weighted by Gasteiger charge is -2.19. The van der Waals surface area contributed by atoms with E-state index in [-0.39, 0.29) is 42.2 Å². The maximum Gasteiger partial charge on any atom is 0.416 e. The molecule has 0 radical (unpaired) electrons. The third-order valence-electron chi connectivity index (χ3n) is 5.94. The van der Waals surface area contributed by atoms with E-state index < -0.39 is 17.8 Å². The SMILES string of the molecule is CC(C)OC(=O)CCC/C=C\C[C@H]1[C@@H](O)CC(C=O)[C@@H]1/C=C/CCOc1cccc(C(F)(F)F)c1. The molecule has 194 valence electrons. The molecule has 35 heavy (non-hydrogen) atoms. The summed E-state index contributed by atoms with van der Waals surface area (Å²) in [5.74, 6) is -0.573. The summed E-state index contributed by atoms with van der Waals surface area (Å²) in [4.78, 5) is 23.1. The first kappa shape index (κ1) is 28.6. The first-order valence-electron chi connectivity index (χ1n) is 12.1. The second kappa shape index (κ2) is 14.1. The van der Waals surface area contributed by atoms with Crippen molar-refractivity contribution in [1.29, 1.82) is 0 Å². The number of allylic oxidation sites excluding steroid dienone is 3. The van der Waals surface area contributed by atoms with Crippen molar-refractivity contribution >= 4 is 12.3 Å². The molecule has 1 unspecified atom stereocenters. The number of carbonyl (C=O) groups excluding carboxylic acids is 2. The Morgan fingerprint density at radius 2 is 1.97 bits per heavy atom. The minimum Gasteiger partial charge on any atom is -0.493 e. The van der Waals surface area contributed by atoms with E-state index in [9.17, 15) is 27.9 Å². The van der Waals surface area contributed by atoms with Crippen LogP contribution < -0.4 is 4.74 Å². The van der Waals surface area contributed by atoms with Gasteiger partial charge in [-0.2, -0.15) is 13.2 Å². The van der Waals surface area contributed by atoms with Gasteiger partial charge < -0.3 is 19.4 Å². The number of aliphatic hydroxyl groups excluding tert-OH is 1. The number of rotatable bonds is 13. The Hall–Kier alpha value is -2.61. The van der Waals surface area contributed by atoms with E-state index in [4.69, 9.17) is 9.47 Å². The number of esters is 1. The number of aliphatic hydroxyl groups is 1. The second-order valence-electron chi connectivity index (χ2n) is 9.07. The molecule has 1 N–H and O–H groups in total. The van der Waals surface area contributed by atoms with Crippen molar-refractivity contribution < 1.29 is 37.3 Å². The molecule has 5 nitrogen and oxygen atoms in total. The Bertz CT molecular complexity index is 863. The average molecular weight is 497 g/mol. The highest BCUT2D eigenvalue weighted by Crippen LogP contribution is 2.39. The van der Waals surface area contributed by atoms with Gasteiger partial charge in [0.15, 0.2) is 0 Å². The lowest BCUT2D eigenvalue weighted by Crippen LogP contribution is -2.18. The summed E-state index contributed by atoms with van der Waals surface area (Å²) in [7, 11) is 0. The Labute approximate surface area is 205 Å². The summed E-state index contributed by atoms with van der Waals surface area (Å²) in [6, 6.07) is 4.74. The van der Waals surface area contributed by atoms with Gasteiger partial charge in [-0.1, -0.05) is 30.4 Å². The van der Waals surface area contributed by atoms with Gasteiger partial charge in [0.25, 0.3) is 0 Å². The largest absolute Gasteiger partial charge is 0.493 e. The van der Waals surface area contributed by atoms with E-state index >= 15 is 0 Å². The van der Waals surface area contributed by atoms with Gasteiger partial charge in [0.1, 0.15) is 12.0 Å². The Kier molecular flexibility index (Phi) is 11.5. The summed E-state index contributed by atoms with van der Waals surface area (Å²) < 4.78 is 48.9. The van der Waals surface area contributed by atoms with Crippen LogP contribution in [0.25, 0.3) is 0 Å². The minimum atomic E-state index is -4.42. The fraction of sp³-hybridized carbons (Fsp3) is 0.556. The third kappa shape index (κ3) is 9.88. The highest BCUT2D eigenvalue weighted by molar-refractivity contribution is 5.69. The van der Waals surface area contributed by atoms with Crippen LogP contribution in [0.2, 0.25) is 0 Å². The molecular formula is C27H35F3O5. The van der Waals surface area contributed by atoms with Crippen LogP contribution in [-0.2, 0) is 20.5 Å². The molecule has 0 amide bonds. The fourth-order valence-electron chi connectivity index (χ4n) is 4.25. The number of carbonyl (C=O) groups is 2. The highest BCUT2D eigenvalue weighted by Gasteiger charge is 2.40. The predicted molar refractivity (Wildman–Crippen MR) is 127 cm³/mol. The molecule has 1 aliphatic rings. The van der Waals surface area contributed by atoms with E-state index in [1.165, 1.54) is 12.1 Å². The molecule has 1 saturated carbocycles. The maximum atomic E-state index is 12.8. The number of hydrogen-bond acceptors (Lipinski definition) is 5. The van der Waals surface area contributed by atoms with Gasteiger partial charge in [0.05, 0.1) is 24.4 Å². The Morgan fingerprint density at radius 1 is 1.20 bits per heavy atom. The van der Waals surface area contributed by atoms with Gasteiger partial charge >= 0.3 is 12.1 Å². The van der Waals surface area contributed by atoms with Crippen molar-refractivity contribution in [3.05, 3.63) is 54.1 Å². The molecule has 0 aromatic heterocycles. The van der Waals surface area contributed by atoms with Crippen LogP contribution in [0.15, 0.2) is 48.6 Å². The van der Waals surface area contributed by atoms with Gasteiger partial charge in [-0.05, 0) is 76.0 Å². The van der Waals surface area contributed by atoms with Crippen LogP contribution in [0, 0.1) is 17.8 Å². The summed E-state index contributed by atoms with van der Waals surface area (Å²) >= 11 is 0. The lowest BCUT2D eigenvalue weighted by molar-refractivity contribution is -0.147. The molecular weight excluding hydrogens is 461 g/mol. The summed E-state index contributed by atoms with van der Waals surface area (Å²) in [5, 5.41) is 10.5. The van der Waals surface area contributed by atoms with Crippen LogP contribution in [0.1, 0.15) is 57.9 Å². The van der Waals surface area contributed by atoms with Crippen LogP contribution in [0.3, 0.4) is 0 Å². The van der Waals surface area contributed by atoms with E-state index in [2.05, 4.69) is 0 Å². The summed E-state index contributed by atoms with van der Waals surface area (Å²) in [6.07, 6.45) is 6.69. The molecule has 1 fully saturated rings. The minimum absolute atomic E-state index is 0.104. The molecule has 1 aromatic carbocycles. The van der Waals surface area contributed by atoms with Crippen LogP contribution in [0.5, 0.6) is 5.75 Å². The normalized spacial score (nSPS) is 22.8. The molecule has 1 aromatic rings. The molecule has 0 spiro atoms. The molecule has 0 aliphatic heterocycles. The van der Waals surface area contributed by atoms with E-state index in [0.29, 0.717) is 32.1 Å². The smallest absolute Gasteiger partial charge is 0.416 e. The number of ether oxygens (including phenoxy) is 2. The number of benzene rings is 1. The number of aldehydes is 1. The Balaban J connectivity index is 1.81. The zero-order valence-electron chi connectivity index (χ0n) is 20.2. The van der Waals surface area contributed by atoms with Crippen LogP contribution >= 0.6 is 0 Å². The molecule has 0 saturated heterocycles. The Morgan fingerprint density at radius 3 is 2.66 bits per heavy atom. The first-order valence-corrected chi connectivity index (χ1v) is 12.1. The molecule has 4 atom stereocenters. The quantitative estimate of drug-likeness (QED) is 0.159. The standard InChI is InChI=1S/C27H35F3O5/c1-19(2)35-26(33)14-6-4-3-5-13-24-23(20(18-31)16-25(24)32)12-7-8-15-34-22-11-9-10-21(17-22)27(28,29)30/h3,5,7,9-12,17-20,23-25,32H,4,6,8,13-16H2,1-2H3/b5-3-,12-7+/t20?,23-,24+,25-/m0/s1. The number of alkyl halides is 3. The lowest BCUT2D eigenvalue weighted by atomic mass is 9.86. The zero-order chi connectivity index (χ0) is 25.8. The molecule has 2 rings (SSSR count). The van der Waals surface area contributed by atoms with Crippen molar-refractivity contribution in [2.24, 2.45) is 17.8 Å². The molecule has 0 heterocycles. The van der Waals surface area contributed by atoms with Gasteiger partial charge in [0.2, 0.25) is 0 Å². The third-order valence-corrected chi connectivity index (χ3v) is 5.94. The highest BCUT2D eigenvalue weighted by atomic mass is 19.4. The van der Waals surface area contributed by atoms with Crippen LogP contribution in [-0.4, -0.2) is 36.2 Å². The van der Waals surface area contributed by atoms with Crippen molar-refractivity contribution in [3.8, 4) is 5.75 Å². The number of hydrogen-bond donors (Lipinski definition) is 1. The van der Waals surface area contributed by atoms with Crippen molar-refractivity contribution in [3.63, 3.8) is 0 Å². The fourth-order valence-corrected chi connectivity index (χ4v) is 4.25. The van der Waals surface area contributed by atoms with Crippen molar-refractivity contribution in [2.75, 3.05) is 6.61 Å². The topological polar surface area (TPSA) is 72.8 Å². The second-order valence-corrected chi connectivity index (χ2v) is 9.07. The zero-order valence-corrected chi connectivity index (χ0v) is 20.2. The number of unbranched alkanes of at least 4 members (excludes halogenated alkanes) is 1. The molecule has 8 heteroatoms. The van der Waals surface area contributed by atoms with Gasteiger partial charge in [0, 0.05) is 12.3 Å². The summed E-state index contributed by atoms with van der Waals surface area (Å²) in [6.45, 7) is 3.82. The van der Waals surface area contributed by atoms with Crippen molar-refractivity contribution in [2.45, 2.75) is 70.8 Å². The first-order chi connectivity index (χ1) is 16.6. The van der Waals surface area contributed by atoms with E-state index in [0.717, 1.165) is 24.8 Å². The predicted octanol–water partition coefficient (Wildman–Crippen LogP) is 5.91.